The Balaban J connectivity index is 1.32. The van der Waals surface area contributed by atoms with Crippen LogP contribution in [0.5, 0.6) is 0 Å². The van der Waals surface area contributed by atoms with E-state index in [9.17, 15) is 4.79 Å². The Morgan fingerprint density at radius 1 is 1.15 bits per heavy atom. The summed E-state index contributed by atoms with van der Waals surface area (Å²) < 4.78 is 2.27. The zero-order chi connectivity index (χ0) is 27.3. The number of nitrogens with zero attached hydrogens (tertiary/aromatic N) is 3. The van der Waals surface area contributed by atoms with Crippen LogP contribution in [0.2, 0.25) is 0 Å². The molecule has 3 aliphatic rings. The van der Waals surface area contributed by atoms with Crippen molar-refractivity contribution in [1.29, 1.82) is 0 Å². The Labute approximate surface area is 231 Å². The first kappa shape index (κ1) is 25.7. The van der Waals surface area contributed by atoms with Crippen LogP contribution >= 0.6 is 0 Å². The molecule has 2 aromatic heterocycles. The highest BCUT2D eigenvalue weighted by atomic mass is 16.1. The lowest BCUT2D eigenvalue weighted by Gasteiger charge is -2.20. The van der Waals surface area contributed by atoms with Crippen molar-refractivity contribution in [3.8, 4) is 11.1 Å². The number of benzene rings is 1. The number of hydrogen-bond acceptors (Lipinski definition) is 5. The van der Waals surface area contributed by atoms with Gasteiger partial charge in [0.25, 0.3) is 5.91 Å². The number of aryl methyl sites for hydroxylation is 1. The molecule has 5 heterocycles. The number of allylic oxidation sites excluding steroid dienone is 3. The number of rotatable bonds is 6. The quantitative estimate of drug-likeness (QED) is 0.426. The summed E-state index contributed by atoms with van der Waals surface area (Å²) in [6.45, 7) is 15.2. The molecule has 2 atom stereocenters. The first-order chi connectivity index (χ1) is 18.8. The average Bonchev–Trinajstić information content (AvgIpc) is 3.62. The highest BCUT2D eigenvalue weighted by molar-refractivity contribution is 6.09. The predicted octanol–water partition coefficient (Wildman–Crippen LogP) is 4.94. The fraction of sp³-hybridized carbons (Fsp3) is 0.438. The molecule has 2 unspecified atom stereocenters. The van der Waals surface area contributed by atoms with Crippen LogP contribution in [0.3, 0.4) is 0 Å². The standard InChI is InChI=1S/C32H40N6O/c1-19(2)38-16-21(4)31-27(32(39)36-15-26-14-34-22(5)10-20(26)3)11-25(12-29(31)38)23-6-7-30(35-13-23)37-17-24-8-9-33-28(24)18-37/h6-7,10-13,16,19,24,28,33-34H,8-9,14-15,17-18H2,1-5H3,(H,36,39). The number of anilines is 1. The zero-order valence-corrected chi connectivity index (χ0v) is 23.8. The van der Waals surface area contributed by atoms with E-state index in [4.69, 9.17) is 4.98 Å². The lowest BCUT2D eigenvalue weighted by atomic mass is 9.98. The first-order valence-electron chi connectivity index (χ1n) is 14.3. The summed E-state index contributed by atoms with van der Waals surface area (Å²) in [7, 11) is 0. The third-order valence-electron chi connectivity index (χ3n) is 8.73. The van der Waals surface area contributed by atoms with Crippen molar-refractivity contribution < 1.29 is 4.79 Å². The van der Waals surface area contributed by atoms with E-state index in [0.29, 0.717) is 12.6 Å². The molecule has 2 saturated heterocycles. The van der Waals surface area contributed by atoms with Crippen LogP contribution in [0.4, 0.5) is 5.82 Å². The molecule has 7 heteroatoms. The van der Waals surface area contributed by atoms with Crippen molar-refractivity contribution in [2.45, 2.75) is 53.1 Å². The van der Waals surface area contributed by atoms with E-state index in [1.165, 1.54) is 17.6 Å². The van der Waals surface area contributed by atoms with Gasteiger partial charge in [-0.2, -0.15) is 0 Å². The van der Waals surface area contributed by atoms with Crippen molar-refractivity contribution in [3.63, 3.8) is 0 Å². The van der Waals surface area contributed by atoms with Crippen LogP contribution in [0.25, 0.3) is 22.0 Å². The first-order valence-corrected chi connectivity index (χ1v) is 14.3. The second kappa shape index (κ2) is 10.2. The van der Waals surface area contributed by atoms with Gasteiger partial charge in [-0.25, -0.2) is 4.98 Å². The molecule has 0 spiro atoms. The molecule has 0 radical (unpaired) electrons. The molecule has 1 aromatic carbocycles. The molecule has 0 aliphatic carbocycles. The predicted molar refractivity (Wildman–Crippen MR) is 159 cm³/mol. The lowest BCUT2D eigenvalue weighted by molar-refractivity contribution is 0.0958. The van der Waals surface area contributed by atoms with Gasteiger partial charge < -0.3 is 25.4 Å². The Morgan fingerprint density at radius 2 is 2.00 bits per heavy atom. The molecule has 39 heavy (non-hydrogen) atoms. The lowest BCUT2D eigenvalue weighted by Crippen LogP contribution is -2.31. The molecule has 204 valence electrons. The topological polar surface area (TPSA) is 74.2 Å². The van der Waals surface area contributed by atoms with E-state index in [1.807, 2.05) is 12.3 Å². The molecular weight excluding hydrogens is 484 g/mol. The van der Waals surface area contributed by atoms with Gasteiger partial charge in [0.15, 0.2) is 0 Å². The Kier molecular flexibility index (Phi) is 6.71. The summed E-state index contributed by atoms with van der Waals surface area (Å²) in [6, 6.07) is 9.41. The van der Waals surface area contributed by atoms with Gasteiger partial charge in [-0.15, -0.1) is 0 Å². The van der Waals surface area contributed by atoms with Crippen LogP contribution in [-0.2, 0) is 0 Å². The number of carbonyl (C=O) groups excluding carboxylic acids is 1. The molecule has 1 amide bonds. The van der Waals surface area contributed by atoms with Crippen LogP contribution < -0.4 is 20.9 Å². The van der Waals surface area contributed by atoms with Gasteiger partial charge >= 0.3 is 0 Å². The highest BCUT2D eigenvalue weighted by Gasteiger charge is 2.36. The van der Waals surface area contributed by atoms with Crippen molar-refractivity contribution in [2.75, 3.05) is 37.6 Å². The third kappa shape index (κ3) is 4.84. The third-order valence-corrected chi connectivity index (χ3v) is 8.73. The van der Waals surface area contributed by atoms with E-state index in [-0.39, 0.29) is 11.9 Å². The van der Waals surface area contributed by atoms with Gasteiger partial charge in [0, 0.05) is 78.4 Å². The summed E-state index contributed by atoms with van der Waals surface area (Å²) in [5, 5.41) is 11.2. The second-order valence-electron chi connectivity index (χ2n) is 11.8. The molecule has 3 aromatic rings. The summed E-state index contributed by atoms with van der Waals surface area (Å²) in [5.41, 5.74) is 8.54. The molecule has 3 N–H and O–H groups in total. The maximum atomic E-state index is 13.7. The van der Waals surface area contributed by atoms with Crippen molar-refractivity contribution in [3.05, 3.63) is 70.7 Å². The van der Waals surface area contributed by atoms with Crippen LogP contribution in [0.15, 0.2) is 59.6 Å². The van der Waals surface area contributed by atoms with E-state index in [0.717, 1.165) is 76.8 Å². The maximum absolute atomic E-state index is 13.7. The largest absolute Gasteiger partial charge is 0.385 e. The Morgan fingerprint density at radius 3 is 2.72 bits per heavy atom. The number of fused-ring (bicyclic) bond motifs is 2. The number of nitrogens with one attached hydrogen (secondary N) is 3. The SMILES string of the molecule is CC1=CC(C)=C(CNC(=O)c2cc(-c3ccc(N4CC5CCNC5C4)nc3)cc3c2c(C)cn3C(C)C)CN1. The molecule has 6 rings (SSSR count). The van der Waals surface area contributed by atoms with Crippen LogP contribution in [-0.4, -0.2) is 54.2 Å². The monoisotopic (exact) mass is 524 g/mol. The number of pyridine rings is 1. The van der Waals surface area contributed by atoms with Gasteiger partial charge in [0.05, 0.1) is 0 Å². The minimum absolute atomic E-state index is 0.0429. The van der Waals surface area contributed by atoms with Crippen molar-refractivity contribution in [1.82, 2.24) is 25.5 Å². The number of amides is 1. The summed E-state index contributed by atoms with van der Waals surface area (Å²) in [6.07, 6.45) is 7.52. The minimum atomic E-state index is -0.0429. The van der Waals surface area contributed by atoms with Crippen LogP contribution in [0.1, 0.15) is 56.1 Å². The zero-order valence-electron chi connectivity index (χ0n) is 23.8. The van der Waals surface area contributed by atoms with Crippen molar-refractivity contribution in [2.24, 2.45) is 5.92 Å². The van der Waals surface area contributed by atoms with E-state index in [1.54, 1.807) is 0 Å². The average molecular weight is 525 g/mol. The van der Waals surface area contributed by atoms with E-state index in [2.05, 4.69) is 90.5 Å². The second-order valence-corrected chi connectivity index (χ2v) is 11.8. The number of dihydropyridines is 1. The van der Waals surface area contributed by atoms with E-state index < -0.39 is 0 Å². The van der Waals surface area contributed by atoms with Crippen LogP contribution in [0, 0.1) is 12.8 Å². The van der Waals surface area contributed by atoms with Gasteiger partial charge in [-0.3, -0.25) is 4.79 Å². The number of carbonyl (C=O) groups is 1. The van der Waals surface area contributed by atoms with Gasteiger partial charge in [0.1, 0.15) is 5.82 Å². The summed E-state index contributed by atoms with van der Waals surface area (Å²) in [5.74, 6) is 1.72. The fourth-order valence-electron chi connectivity index (χ4n) is 6.49. The molecular formula is C32H40N6O. The normalized spacial score (nSPS) is 21.0. The van der Waals surface area contributed by atoms with Gasteiger partial charge in [0.2, 0.25) is 0 Å². The van der Waals surface area contributed by atoms with Crippen molar-refractivity contribution >= 4 is 22.6 Å². The number of hydrogen-bond donors (Lipinski definition) is 3. The molecule has 7 nitrogen and oxygen atoms in total. The van der Waals surface area contributed by atoms with E-state index >= 15 is 0 Å². The summed E-state index contributed by atoms with van der Waals surface area (Å²) >= 11 is 0. The minimum Gasteiger partial charge on any atom is -0.385 e. The Bertz CT molecular complexity index is 1470. The van der Waals surface area contributed by atoms with Gasteiger partial charge in [-0.1, -0.05) is 0 Å². The highest BCUT2D eigenvalue weighted by Crippen LogP contribution is 2.34. The maximum Gasteiger partial charge on any atom is 0.252 e. The Hall–Kier alpha value is -3.58. The smallest absolute Gasteiger partial charge is 0.252 e. The molecule has 0 bridgehead atoms. The molecule has 0 saturated carbocycles. The number of aromatic nitrogens is 2. The van der Waals surface area contributed by atoms with Gasteiger partial charge in [-0.05, 0) is 106 Å². The molecule has 2 fully saturated rings. The summed E-state index contributed by atoms with van der Waals surface area (Å²) in [4.78, 5) is 21.0. The fourth-order valence-corrected chi connectivity index (χ4v) is 6.49. The molecule has 3 aliphatic heterocycles.